The van der Waals surface area contributed by atoms with Crippen molar-refractivity contribution >= 4 is 11.9 Å². The molecular formula is C15H22O4. The van der Waals surface area contributed by atoms with Gasteiger partial charge in [-0.05, 0) is 25.7 Å². The second kappa shape index (κ2) is 4.36. The second-order valence-corrected chi connectivity index (χ2v) is 6.04. The largest absolute Gasteiger partial charge is 0.466 e. The topological polar surface area (TPSA) is 52.6 Å². The molecule has 0 bridgehead atoms. The van der Waals surface area contributed by atoms with Crippen molar-refractivity contribution in [1.82, 2.24) is 0 Å². The van der Waals surface area contributed by atoms with Gasteiger partial charge in [0.05, 0.1) is 18.4 Å². The Morgan fingerprint density at radius 1 is 1.53 bits per heavy atom. The average Bonchev–Trinajstić information content (AvgIpc) is 2.67. The minimum atomic E-state index is -0.582. The highest BCUT2D eigenvalue weighted by atomic mass is 16.5. The highest BCUT2D eigenvalue weighted by Crippen LogP contribution is 2.65. The maximum atomic E-state index is 12.1. The third kappa shape index (κ3) is 1.65. The van der Waals surface area contributed by atoms with E-state index in [0.717, 1.165) is 5.57 Å². The average molecular weight is 266 g/mol. The van der Waals surface area contributed by atoms with Crippen LogP contribution < -0.4 is 0 Å². The van der Waals surface area contributed by atoms with Crippen molar-refractivity contribution in [3.8, 4) is 0 Å². The molecule has 1 saturated heterocycles. The summed E-state index contributed by atoms with van der Waals surface area (Å²) in [4.78, 5) is 23.8. The third-order valence-corrected chi connectivity index (χ3v) is 5.42. The van der Waals surface area contributed by atoms with Crippen LogP contribution in [-0.2, 0) is 19.1 Å². The van der Waals surface area contributed by atoms with Crippen molar-refractivity contribution in [2.24, 2.45) is 22.7 Å². The van der Waals surface area contributed by atoms with Crippen molar-refractivity contribution in [3.05, 3.63) is 12.2 Å². The van der Waals surface area contributed by atoms with Gasteiger partial charge in [-0.25, -0.2) is 0 Å². The molecule has 19 heavy (non-hydrogen) atoms. The molecule has 1 unspecified atom stereocenters. The van der Waals surface area contributed by atoms with Crippen LogP contribution in [0.1, 0.15) is 34.1 Å². The minimum absolute atomic E-state index is 0.0121. The van der Waals surface area contributed by atoms with Gasteiger partial charge in [-0.1, -0.05) is 26.0 Å². The summed E-state index contributed by atoms with van der Waals surface area (Å²) in [5.74, 6) is -0.373. The van der Waals surface area contributed by atoms with Crippen LogP contribution in [0.3, 0.4) is 0 Å². The van der Waals surface area contributed by atoms with Gasteiger partial charge in [0.25, 0.3) is 0 Å². The monoisotopic (exact) mass is 266 g/mol. The van der Waals surface area contributed by atoms with Crippen LogP contribution >= 0.6 is 0 Å². The summed E-state index contributed by atoms with van der Waals surface area (Å²) in [6.07, 6.45) is 0.298. The Bertz CT molecular complexity index is 441. The van der Waals surface area contributed by atoms with Crippen LogP contribution in [0.25, 0.3) is 0 Å². The fourth-order valence-electron chi connectivity index (χ4n) is 3.66. The van der Waals surface area contributed by atoms with E-state index in [9.17, 15) is 9.59 Å². The first-order valence-corrected chi connectivity index (χ1v) is 6.81. The molecule has 2 rings (SSSR count). The van der Waals surface area contributed by atoms with Gasteiger partial charge in [0.2, 0.25) is 0 Å². The third-order valence-electron chi connectivity index (χ3n) is 5.42. The first kappa shape index (κ1) is 14.1. The molecule has 0 spiro atoms. The van der Waals surface area contributed by atoms with Crippen LogP contribution in [-0.4, -0.2) is 25.2 Å². The number of cyclic esters (lactones) is 1. The molecule has 1 aliphatic carbocycles. The Morgan fingerprint density at radius 2 is 2.16 bits per heavy atom. The smallest absolute Gasteiger partial charge is 0.313 e. The maximum absolute atomic E-state index is 12.1. The van der Waals surface area contributed by atoms with Gasteiger partial charge in [0.1, 0.15) is 6.61 Å². The highest BCUT2D eigenvalue weighted by molar-refractivity contribution is 5.83. The fourth-order valence-corrected chi connectivity index (χ4v) is 3.66. The van der Waals surface area contributed by atoms with Gasteiger partial charge in [0, 0.05) is 5.41 Å². The van der Waals surface area contributed by atoms with E-state index in [1.165, 1.54) is 0 Å². The summed E-state index contributed by atoms with van der Waals surface area (Å²) < 4.78 is 10.3. The first-order chi connectivity index (χ1) is 8.79. The molecule has 0 aromatic heterocycles. The van der Waals surface area contributed by atoms with Crippen molar-refractivity contribution < 1.29 is 19.1 Å². The Labute approximate surface area is 114 Å². The lowest BCUT2D eigenvalue weighted by Crippen LogP contribution is -2.38. The van der Waals surface area contributed by atoms with Gasteiger partial charge >= 0.3 is 11.9 Å². The van der Waals surface area contributed by atoms with Gasteiger partial charge in [-0.3, -0.25) is 9.59 Å². The molecule has 0 radical (unpaired) electrons. The van der Waals surface area contributed by atoms with Crippen molar-refractivity contribution in [2.45, 2.75) is 34.1 Å². The molecule has 0 aromatic carbocycles. The number of esters is 2. The molecule has 0 amide bonds. The van der Waals surface area contributed by atoms with Crippen LogP contribution in [0.4, 0.5) is 0 Å². The summed E-state index contributed by atoms with van der Waals surface area (Å²) in [6.45, 7) is 12.6. The normalized spacial score (nSPS) is 41.1. The minimum Gasteiger partial charge on any atom is -0.466 e. The molecule has 4 heteroatoms. The number of hydrogen-bond donors (Lipinski definition) is 0. The number of fused-ring (bicyclic) bond motifs is 1. The highest BCUT2D eigenvalue weighted by Gasteiger charge is 2.68. The molecule has 4 nitrogen and oxygen atoms in total. The van der Waals surface area contributed by atoms with E-state index < -0.39 is 5.41 Å². The van der Waals surface area contributed by atoms with Crippen LogP contribution in [0.2, 0.25) is 0 Å². The molecule has 2 fully saturated rings. The van der Waals surface area contributed by atoms with E-state index in [4.69, 9.17) is 9.47 Å². The zero-order chi connectivity index (χ0) is 14.4. The van der Waals surface area contributed by atoms with Crippen molar-refractivity contribution in [2.75, 3.05) is 13.2 Å². The molecule has 106 valence electrons. The van der Waals surface area contributed by atoms with E-state index >= 15 is 0 Å². The molecule has 1 aliphatic heterocycles. The molecular weight excluding hydrogens is 244 g/mol. The number of carbonyl (C=O) groups excluding carboxylic acids is 2. The maximum Gasteiger partial charge on any atom is 0.313 e. The van der Waals surface area contributed by atoms with Gasteiger partial charge in [0.15, 0.2) is 0 Å². The number of ether oxygens (including phenoxy) is 2. The summed E-state index contributed by atoms with van der Waals surface area (Å²) >= 11 is 0. The van der Waals surface area contributed by atoms with Crippen LogP contribution in [0.5, 0.6) is 0 Å². The van der Waals surface area contributed by atoms with Crippen LogP contribution in [0.15, 0.2) is 12.2 Å². The summed E-state index contributed by atoms with van der Waals surface area (Å²) in [5.41, 5.74) is -0.0107. The SMILES string of the molecule is C=C1C(CC(=O)OCC)[C@@H](C)[C@@]2(C)C(=O)OC[C@@]12C. The van der Waals surface area contributed by atoms with E-state index in [1.54, 1.807) is 6.92 Å². The fraction of sp³-hybridized carbons (Fsp3) is 0.733. The van der Waals surface area contributed by atoms with Crippen molar-refractivity contribution in [3.63, 3.8) is 0 Å². The lowest BCUT2D eigenvalue weighted by molar-refractivity contribution is -0.150. The molecule has 1 heterocycles. The lowest BCUT2D eigenvalue weighted by atomic mass is 9.66. The van der Waals surface area contributed by atoms with Crippen molar-refractivity contribution in [1.29, 1.82) is 0 Å². The molecule has 1 saturated carbocycles. The van der Waals surface area contributed by atoms with E-state index in [1.807, 2.05) is 20.8 Å². The molecule has 0 N–H and O–H groups in total. The zero-order valence-electron chi connectivity index (χ0n) is 12.1. The predicted octanol–water partition coefficient (Wildman–Crippen LogP) is 2.33. The number of rotatable bonds is 3. The van der Waals surface area contributed by atoms with E-state index in [0.29, 0.717) is 19.6 Å². The van der Waals surface area contributed by atoms with Gasteiger partial charge < -0.3 is 9.47 Å². The number of carbonyl (C=O) groups is 2. The Morgan fingerprint density at radius 3 is 2.68 bits per heavy atom. The Hall–Kier alpha value is -1.32. The summed E-state index contributed by atoms with van der Waals surface area (Å²) in [5, 5.41) is 0. The zero-order valence-corrected chi connectivity index (χ0v) is 12.1. The quantitative estimate of drug-likeness (QED) is 0.581. The molecule has 2 aliphatic rings. The summed E-state index contributed by atoms with van der Waals surface area (Å²) in [6, 6.07) is 0. The van der Waals surface area contributed by atoms with E-state index in [2.05, 4.69) is 6.58 Å². The van der Waals surface area contributed by atoms with Crippen LogP contribution in [0, 0.1) is 22.7 Å². The summed E-state index contributed by atoms with van der Waals surface area (Å²) in [7, 11) is 0. The predicted molar refractivity (Wildman–Crippen MR) is 70.2 cm³/mol. The first-order valence-electron chi connectivity index (χ1n) is 6.81. The second-order valence-electron chi connectivity index (χ2n) is 6.04. The lowest BCUT2D eigenvalue weighted by Gasteiger charge is -2.32. The Kier molecular flexibility index (Phi) is 3.23. The van der Waals surface area contributed by atoms with E-state index in [-0.39, 0.29) is 29.2 Å². The number of hydrogen-bond acceptors (Lipinski definition) is 4. The molecule has 0 aromatic rings. The Balaban J connectivity index is 2.29. The van der Waals surface area contributed by atoms with Gasteiger partial charge in [-0.15, -0.1) is 0 Å². The van der Waals surface area contributed by atoms with Gasteiger partial charge in [-0.2, -0.15) is 0 Å². The molecule has 4 atom stereocenters. The standard InChI is InChI=1S/C15H22O4/c1-6-18-12(16)7-11-9(2)14(4)8-19-13(17)15(14,5)10(11)3/h10-11H,2,6-8H2,1,3-5H3/t10-,11?,14+,15+/m1/s1.